The number of esters is 1. The molecule has 0 unspecified atom stereocenters. The fraction of sp³-hybridized carbons (Fsp3) is 0.500. The smallest absolute Gasteiger partial charge is 0.360 e. The third-order valence-electron chi connectivity index (χ3n) is 2.84. The number of aromatic nitrogens is 5. The summed E-state index contributed by atoms with van der Waals surface area (Å²) in [5.41, 5.74) is 0.835. The molecule has 0 N–H and O–H groups in total. The largest absolute Gasteiger partial charge is 0.464 e. The Balaban J connectivity index is 2.03. The third kappa shape index (κ3) is 3.21. The fourth-order valence-corrected chi connectivity index (χ4v) is 1.87. The van der Waals surface area contributed by atoms with Gasteiger partial charge in [0, 0.05) is 32.6 Å². The molecule has 8 nitrogen and oxygen atoms in total. The van der Waals surface area contributed by atoms with Gasteiger partial charge in [-0.25, -0.2) is 14.5 Å². The van der Waals surface area contributed by atoms with Crippen LogP contribution in [0.15, 0.2) is 18.7 Å². The van der Waals surface area contributed by atoms with Crippen molar-refractivity contribution in [2.24, 2.45) is 0 Å². The van der Waals surface area contributed by atoms with Crippen molar-refractivity contribution in [2.45, 2.75) is 26.1 Å². The van der Waals surface area contributed by atoms with Gasteiger partial charge >= 0.3 is 5.97 Å². The molecule has 0 spiro atoms. The van der Waals surface area contributed by atoms with Crippen LogP contribution in [0, 0.1) is 0 Å². The molecule has 0 aliphatic carbocycles. The SMILES string of the molecule is COCc1c(C(=O)OC)nnn1CCCn1ccnc1. The maximum absolute atomic E-state index is 11.6. The first-order chi connectivity index (χ1) is 9.76. The lowest BCUT2D eigenvalue weighted by Crippen LogP contribution is -2.12. The second-order valence-electron chi connectivity index (χ2n) is 4.19. The highest BCUT2D eigenvalue weighted by Gasteiger charge is 2.19. The lowest BCUT2D eigenvalue weighted by molar-refractivity contribution is 0.0588. The normalized spacial score (nSPS) is 10.7. The molecule has 0 saturated heterocycles. The predicted octanol–water partition coefficient (Wildman–Crippen LogP) is 0.498. The van der Waals surface area contributed by atoms with Gasteiger partial charge in [-0.1, -0.05) is 5.21 Å². The second kappa shape index (κ2) is 6.80. The van der Waals surface area contributed by atoms with Crippen molar-refractivity contribution in [2.75, 3.05) is 14.2 Å². The molecule has 20 heavy (non-hydrogen) atoms. The molecule has 0 radical (unpaired) electrons. The van der Waals surface area contributed by atoms with Gasteiger partial charge in [0.1, 0.15) is 0 Å². The van der Waals surface area contributed by atoms with Gasteiger partial charge in [0.05, 0.1) is 25.7 Å². The van der Waals surface area contributed by atoms with E-state index in [1.54, 1.807) is 24.3 Å². The first-order valence-electron chi connectivity index (χ1n) is 6.21. The lowest BCUT2D eigenvalue weighted by Gasteiger charge is -2.07. The molecular weight excluding hydrogens is 262 g/mol. The highest BCUT2D eigenvalue weighted by Crippen LogP contribution is 2.09. The van der Waals surface area contributed by atoms with Crippen LogP contribution in [0.2, 0.25) is 0 Å². The van der Waals surface area contributed by atoms with Gasteiger partial charge in [-0.05, 0) is 6.42 Å². The quantitative estimate of drug-likeness (QED) is 0.686. The van der Waals surface area contributed by atoms with E-state index in [1.807, 2.05) is 10.8 Å². The summed E-state index contributed by atoms with van der Waals surface area (Å²) in [7, 11) is 2.88. The van der Waals surface area contributed by atoms with Crippen LogP contribution in [0.4, 0.5) is 0 Å². The Morgan fingerprint density at radius 3 is 2.85 bits per heavy atom. The Kier molecular flexibility index (Phi) is 4.83. The molecule has 0 amide bonds. The van der Waals surface area contributed by atoms with Crippen molar-refractivity contribution >= 4 is 5.97 Å². The van der Waals surface area contributed by atoms with E-state index in [0.29, 0.717) is 12.2 Å². The summed E-state index contributed by atoms with van der Waals surface area (Å²) < 4.78 is 13.4. The molecule has 8 heteroatoms. The molecule has 0 aliphatic heterocycles. The van der Waals surface area contributed by atoms with E-state index in [0.717, 1.165) is 13.0 Å². The molecule has 0 aromatic carbocycles. The van der Waals surface area contributed by atoms with Crippen LogP contribution in [-0.4, -0.2) is 44.7 Å². The summed E-state index contributed by atoms with van der Waals surface area (Å²) in [6, 6.07) is 0. The maximum atomic E-state index is 11.6. The molecule has 0 fully saturated rings. The molecule has 0 bridgehead atoms. The topological polar surface area (TPSA) is 84.1 Å². The lowest BCUT2D eigenvalue weighted by atomic mass is 10.3. The highest BCUT2D eigenvalue weighted by molar-refractivity contribution is 5.88. The Morgan fingerprint density at radius 1 is 1.35 bits per heavy atom. The van der Waals surface area contributed by atoms with Crippen LogP contribution in [-0.2, 0) is 29.2 Å². The van der Waals surface area contributed by atoms with Crippen LogP contribution in [0.1, 0.15) is 22.6 Å². The Labute approximate surface area is 116 Å². The average molecular weight is 279 g/mol. The predicted molar refractivity (Wildman–Crippen MR) is 68.9 cm³/mol. The summed E-state index contributed by atoms with van der Waals surface area (Å²) >= 11 is 0. The minimum Gasteiger partial charge on any atom is -0.464 e. The van der Waals surface area contributed by atoms with Crippen molar-refractivity contribution < 1.29 is 14.3 Å². The number of methoxy groups -OCH3 is 2. The number of carbonyl (C=O) groups excluding carboxylic acids is 1. The van der Waals surface area contributed by atoms with E-state index in [2.05, 4.69) is 20.0 Å². The molecule has 2 heterocycles. The van der Waals surface area contributed by atoms with E-state index in [-0.39, 0.29) is 12.3 Å². The van der Waals surface area contributed by atoms with Crippen LogP contribution in [0.25, 0.3) is 0 Å². The molecule has 0 aliphatic rings. The highest BCUT2D eigenvalue weighted by atomic mass is 16.5. The monoisotopic (exact) mass is 279 g/mol. The van der Waals surface area contributed by atoms with Gasteiger partial charge in [0.15, 0.2) is 5.69 Å². The summed E-state index contributed by atoms with van der Waals surface area (Å²) in [5.74, 6) is -0.502. The van der Waals surface area contributed by atoms with Gasteiger partial charge < -0.3 is 14.0 Å². The number of hydrogen-bond donors (Lipinski definition) is 0. The van der Waals surface area contributed by atoms with E-state index < -0.39 is 5.97 Å². The van der Waals surface area contributed by atoms with Crippen molar-refractivity contribution in [1.29, 1.82) is 0 Å². The summed E-state index contributed by atoms with van der Waals surface area (Å²) in [5, 5.41) is 7.84. The van der Waals surface area contributed by atoms with Gasteiger partial charge in [0.25, 0.3) is 0 Å². The number of imidazole rings is 1. The van der Waals surface area contributed by atoms with Gasteiger partial charge in [-0.15, -0.1) is 5.10 Å². The van der Waals surface area contributed by atoms with Crippen LogP contribution < -0.4 is 0 Å². The van der Waals surface area contributed by atoms with Crippen LogP contribution >= 0.6 is 0 Å². The number of aryl methyl sites for hydroxylation is 2. The Hall–Kier alpha value is -2.22. The van der Waals surface area contributed by atoms with Crippen LogP contribution in [0.5, 0.6) is 0 Å². The zero-order valence-corrected chi connectivity index (χ0v) is 11.5. The second-order valence-corrected chi connectivity index (χ2v) is 4.19. The Morgan fingerprint density at radius 2 is 2.20 bits per heavy atom. The molecular formula is C12H17N5O3. The first-order valence-corrected chi connectivity index (χ1v) is 6.21. The van der Waals surface area contributed by atoms with Gasteiger partial charge in [-0.2, -0.15) is 0 Å². The number of ether oxygens (including phenoxy) is 2. The van der Waals surface area contributed by atoms with E-state index in [1.165, 1.54) is 7.11 Å². The van der Waals surface area contributed by atoms with Crippen molar-refractivity contribution in [3.8, 4) is 0 Å². The van der Waals surface area contributed by atoms with Gasteiger partial charge in [0.2, 0.25) is 0 Å². The molecule has 2 aromatic rings. The summed E-state index contributed by atoms with van der Waals surface area (Å²) in [4.78, 5) is 15.6. The zero-order valence-electron chi connectivity index (χ0n) is 11.5. The van der Waals surface area contributed by atoms with Crippen molar-refractivity contribution in [3.05, 3.63) is 30.1 Å². The molecule has 0 saturated carbocycles. The summed E-state index contributed by atoms with van der Waals surface area (Å²) in [6.07, 6.45) is 6.24. The Bertz CT molecular complexity index is 549. The van der Waals surface area contributed by atoms with Gasteiger partial charge in [-0.3, -0.25) is 0 Å². The number of hydrogen-bond acceptors (Lipinski definition) is 6. The molecule has 2 aromatic heterocycles. The zero-order chi connectivity index (χ0) is 14.4. The maximum Gasteiger partial charge on any atom is 0.360 e. The van der Waals surface area contributed by atoms with Crippen molar-refractivity contribution in [3.63, 3.8) is 0 Å². The molecule has 2 rings (SSSR count). The van der Waals surface area contributed by atoms with Crippen LogP contribution in [0.3, 0.4) is 0 Å². The molecule has 0 atom stereocenters. The fourth-order valence-electron chi connectivity index (χ4n) is 1.87. The van der Waals surface area contributed by atoms with Crippen molar-refractivity contribution in [1.82, 2.24) is 24.5 Å². The average Bonchev–Trinajstić information content (AvgIpc) is 3.09. The standard InChI is InChI=1S/C12H17N5O3/c1-19-8-10-11(12(18)20-2)14-15-17(10)6-3-5-16-7-4-13-9-16/h4,7,9H,3,5-6,8H2,1-2H3. The molecule has 108 valence electrons. The first kappa shape index (κ1) is 14.2. The minimum absolute atomic E-state index is 0.206. The van der Waals surface area contributed by atoms with E-state index in [9.17, 15) is 4.79 Å². The minimum atomic E-state index is -0.502. The third-order valence-corrected chi connectivity index (χ3v) is 2.84. The summed E-state index contributed by atoms with van der Waals surface area (Å²) in [6.45, 7) is 1.73. The number of nitrogens with zero attached hydrogens (tertiary/aromatic N) is 5. The number of rotatable bonds is 7. The van der Waals surface area contributed by atoms with E-state index >= 15 is 0 Å². The number of carbonyl (C=O) groups is 1. The van der Waals surface area contributed by atoms with E-state index in [4.69, 9.17) is 4.74 Å².